The summed E-state index contributed by atoms with van der Waals surface area (Å²) in [7, 11) is 0. The number of aromatic amines is 1. The number of benzene rings is 5. The predicted octanol–water partition coefficient (Wildman–Crippen LogP) is 6.62. The Labute approximate surface area is 235 Å². The van der Waals surface area contributed by atoms with Crippen molar-refractivity contribution in [3.05, 3.63) is 131 Å². The van der Waals surface area contributed by atoms with Crippen LogP contribution in [0.3, 0.4) is 0 Å². The molecule has 0 aliphatic carbocycles. The minimum atomic E-state index is -0.871. The predicted molar refractivity (Wildman–Crippen MR) is 162 cm³/mol. The van der Waals surface area contributed by atoms with Crippen molar-refractivity contribution in [2.24, 2.45) is 5.10 Å². The maximum atomic E-state index is 13.5. The monoisotopic (exact) mass is 544 g/mol. The van der Waals surface area contributed by atoms with Crippen molar-refractivity contribution >= 4 is 62.1 Å². The van der Waals surface area contributed by atoms with Crippen molar-refractivity contribution in [3.8, 4) is 0 Å². The minimum Gasteiger partial charge on any atom is -0.361 e. The Hall–Kier alpha value is -4.94. The molecule has 0 saturated heterocycles. The fourth-order valence-electron chi connectivity index (χ4n) is 5.00. The van der Waals surface area contributed by atoms with Crippen molar-refractivity contribution in [3.63, 3.8) is 0 Å². The van der Waals surface area contributed by atoms with Gasteiger partial charge in [-0.1, -0.05) is 78.3 Å². The van der Waals surface area contributed by atoms with Gasteiger partial charge in [0.2, 0.25) is 0 Å². The van der Waals surface area contributed by atoms with E-state index in [1.54, 1.807) is 30.5 Å². The molecule has 1 aromatic heterocycles. The molecule has 1 atom stereocenters. The van der Waals surface area contributed by atoms with Crippen molar-refractivity contribution < 1.29 is 9.59 Å². The number of H-pyrrole nitrogens is 1. The highest BCUT2D eigenvalue weighted by molar-refractivity contribution is 6.30. The van der Waals surface area contributed by atoms with Gasteiger partial charge in [-0.15, -0.1) is 0 Å². The summed E-state index contributed by atoms with van der Waals surface area (Å²) < 4.78 is 0. The maximum Gasteiger partial charge on any atom is 0.262 e. The first kappa shape index (κ1) is 25.3. The highest BCUT2D eigenvalue weighted by Crippen LogP contribution is 2.27. The van der Waals surface area contributed by atoms with Crippen LogP contribution in [-0.4, -0.2) is 29.1 Å². The van der Waals surface area contributed by atoms with Gasteiger partial charge in [-0.3, -0.25) is 9.59 Å². The van der Waals surface area contributed by atoms with Gasteiger partial charge in [0.15, 0.2) is 0 Å². The van der Waals surface area contributed by atoms with E-state index >= 15 is 0 Å². The molecule has 0 aliphatic heterocycles. The quantitative estimate of drug-likeness (QED) is 0.120. The fraction of sp³-hybridized carbons (Fsp3) is 0.0606. The van der Waals surface area contributed by atoms with Gasteiger partial charge in [0.1, 0.15) is 6.04 Å². The van der Waals surface area contributed by atoms with E-state index in [9.17, 15) is 9.59 Å². The third kappa shape index (κ3) is 5.17. The molecule has 0 bridgehead atoms. The normalized spacial score (nSPS) is 12.2. The van der Waals surface area contributed by atoms with Crippen LogP contribution in [0.5, 0.6) is 0 Å². The number of carbonyl (C=O) groups excluding carboxylic acids is 2. The highest BCUT2D eigenvalue weighted by atomic mass is 35.5. The lowest BCUT2D eigenvalue weighted by Crippen LogP contribution is -2.46. The molecule has 40 heavy (non-hydrogen) atoms. The summed E-state index contributed by atoms with van der Waals surface area (Å²) in [6.45, 7) is 0. The summed E-state index contributed by atoms with van der Waals surface area (Å²) >= 11 is 5.99. The average Bonchev–Trinajstić information content (AvgIpc) is 3.39. The van der Waals surface area contributed by atoms with E-state index < -0.39 is 11.9 Å². The molecule has 6 rings (SSSR count). The van der Waals surface area contributed by atoms with Crippen LogP contribution >= 0.6 is 11.6 Å². The molecule has 2 amide bonds. The molecular weight excluding hydrogens is 520 g/mol. The molecular formula is C33H25ClN4O2. The van der Waals surface area contributed by atoms with E-state index in [0.717, 1.165) is 43.6 Å². The van der Waals surface area contributed by atoms with Crippen LogP contribution in [0.15, 0.2) is 114 Å². The van der Waals surface area contributed by atoms with Gasteiger partial charge >= 0.3 is 0 Å². The maximum absolute atomic E-state index is 13.5. The van der Waals surface area contributed by atoms with Crippen LogP contribution in [0, 0.1) is 0 Å². The van der Waals surface area contributed by atoms with Crippen LogP contribution in [-0.2, 0) is 11.2 Å². The largest absolute Gasteiger partial charge is 0.361 e. The van der Waals surface area contributed by atoms with Crippen LogP contribution in [0.2, 0.25) is 5.02 Å². The number of halogens is 1. The van der Waals surface area contributed by atoms with E-state index in [4.69, 9.17) is 11.6 Å². The molecule has 0 saturated carbocycles. The molecule has 5 aromatic carbocycles. The summed E-state index contributed by atoms with van der Waals surface area (Å²) in [5, 5.41) is 13.0. The molecule has 0 aliphatic rings. The first-order valence-corrected chi connectivity index (χ1v) is 13.3. The molecule has 0 spiro atoms. The number of rotatable bonds is 7. The molecule has 0 fully saturated rings. The number of nitrogens with zero attached hydrogens (tertiary/aromatic N) is 1. The smallest absolute Gasteiger partial charge is 0.262 e. The van der Waals surface area contributed by atoms with Gasteiger partial charge in [-0.2, -0.15) is 5.10 Å². The third-order valence-corrected chi connectivity index (χ3v) is 7.26. The molecule has 3 N–H and O–H groups in total. The number of hydrazone groups is 1. The zero-order valence-electron chi connectivity index (χ0n) is 21.4. The molecule has 7 heteroatoms. The van der Waals surface area contributed by atoms with Crippen molar-refractivity contribution in [1.29, 1.82) is 0 Å². The molecule has 6 aromatic rings. The van der Waals surface area contributed by atoms with Crippen LogP contribution in [0.25, 0.3) is 32.4 Å². The second-order valence-corrected chi connectivity index (χ2v) is 10.00. The van der Waals surface area contributed by atoms with Crippen molar-refractivity contribution in [2.45, 2.75) is 12.5 Å². The number of fused-ring (bicyclic) bond motifs is 3. The Bertz CT molecular complexity index is 1840. The summed E-state index contributed by atoms with van der Waals surface area (Å²) in [4.78, 5) is 29.8. The topological polar surface area (TPSA) is 86.3 Å². The van der Waals surface area contributed by atoms with Gasteiger partial charge in [0.25, 0.3) is 11.8 Å². The van der Waals surface area contributed by atoms with Crippen LogP contribution in [0.4, 0.5) is 0 Å². The van der Waals surface area contributed by atoms with Gasteiger partial charge < -0.3 is 10.3 Å². The second-order valence-electron chi connectivity index (χ2n) is 9.56. The first-order chi connectivity index (χ1) is 19.6. The SMILES string of the molecule is O=C(NC(Cc1c[nH]c2ccccc12)C(=O)N/N=C/c1c2ccccc2cc2ccccc12)c1ccc(Cl)cc1. The number of para-hydroxylation sites is 1. The second kappa shape index (κ2) is 11.0. The zero-order valence-corrected chi connectivity index (χ0v) is 22.2. The van der Waals surface area contributed by atoms with Gasteiger partial charge in [0.05, 0.1) is 6.21 Å². The van der Waals surface area contributed by atoms with E-state index in [0.29, 0.717) is 10.6 Å². The van der Waals surface area contributed by atoms with Gasteiger partial charge in [0, 0.05) is 39.7 Å². The lowest BCUT2D eigenvalue weighted by atomic mass is 9.97. The highest BCUT2D eigenvalue weighted by Gasteiger charge is 2.23. The Kier molecular flexibility index (Phi) is 7.00. The third-order valence-electron chi connectivity index (χ3n) is 7.01. The van der Waals surface area contributed by atoms with E-state index in [1.165, 1.54) is 0 Å². The average molecular weight is 545 g/mol. The molecule has 0 radical (unpaired) electrons. The molecule has 1 unspecified atom stereocenters. The lowest BCUT2D eigenvalue weighted by molar-refractivity contribution is -0.122. The number of hydrogen-bond donors (Lipinski definition) is 3. The summed E-state index contributed by atoms with van der Waals surface area (Å²) in [5.41, 5.74) is 5.86. The summed E-state index contributed by atoms with van der Waals surface area (Å²) in [6, 6.07) is 31.8. The molecule has 196 valence electrons. The zero-order chi connectivity index (χ0) is 27.5. The summed E-state index contributed by atoms with van der Waals surface area (Å²) in [6.07, 6.45) is 3.82. The van der Waals surface area contributed by atoms with Gasteiger partial charge in [-0.05, 0) is 63.5 Å². The Morgan fingerprint density at radius 1 is 0.825 bits per heavy atom. The Balaban J connectivity index is 1.29. The Morgan fingerprint density at radius 2 is 1.45 bits per heavy atom. The number of nitrogens with one attached hydrogen (secondary N) is 3. The summed E-state index contributed by atoms with van der Waals surface area (Å²) in [5.74, 6) is -0.797. The number of carbonyl (C=O) groups is 2. The number of hydrogen-bond acceptors (Lipinski definition) is 3. The van der Waals surface area contributed by atoms with E-state index in [2.05, 4.69) is 39.0 Å². The van der Waals surface area contributed by atoms with E-state index in [-0.39, 0.29) is 12.3 Å². The van der Waals surface area contributed by atoms with Crippen molar-refractivity contribution in [2.75, 3.05) is 0 Å². The van der Waals surface area contributed by atoms with Crippen molar-refractivity contribution in [1.82, 2.24) is 15.7 Å². The molecule has 1 heterocycles. The van der Waals surface area contributed by atoms with Crippen LogP contribution < -0.4 is 10.7 Å². The fourth-order valence-corrected chi connectivity index (χ4v) is 5.12. The Morgan fingerprint density at radius 3 is 2.15 bits per heavy atom. The van der Waals surface area contributed by atoms with Gasteiger partial charge in [-0.25, -0.2) is 5.43 Å². The van der Waals surface area contributed by atoms with E-state index in [1.807, 2.05) is 66.9 Å². The van der Waals surface area contributed by atoms with Crippen LogP contribution in [0.1, 0.15) is 21.5 Å². The minimum absolute atomic E-state index is 0.280. The number of amides is 2. The standard InChI is InChI=1S/C33H25ClN4O2/c34-25-15-13-21(14-16-25)32(39)37-31(18-24-19-35-30-12-6-5-11-28(24)30)33(40)38-36-20-29-26-9-3-1-7-22(26)17-23-8-2-4-10-27(23)29/h1-17,19-20,31,35H,18H2,(H,37,39)(H,38,40)/b36-20+. The first-order valence-electron chi connectivity index (χ1n) is 12.9. The lowest BCUT2D eigenvalue weighted by Gasteiger charge is -2.17. The molecule has 6 nitrogen and oxygen atoms in total. The number of aromatic nitrogens is 1.